The minimum absolute atomic E-state index is 0.213. The van der Waals surface area contributed by atoms with Gasteiger partial charge in [-0.15, -0.1) is 0 Å². The number of nitrogens with one attached hydrogen (secondary N) is 3. The van der Waals surface area contributed by atoms with Crippen molar-refractivity contribution >= 4 is 11.7 Å². The quantitative estimate of drug-likeness (QED) is 0.725. The van der Waals surface area contributed by atoms with Gasteiger partial charge in [-0.05, 0) is 26.7 Å². The van der Waals surface area contributed by atoms with Crippen molar-refractivity contribution < 1.29 is 4.79 Å². The van der Waals surface area contributed by atoms with Crippen molar-refractivity contribution in [3.63, 3.8) is 0 Å². The predicted octanol–water partition coefficient (Wildman–Crippen LogP) is 1.50. The molecule has 2 aromatic heterocycles. The Labute approximate surface area is 153 Å². The third kappa shape index (κ3) is 3.70. The van der Waals surface area contributed by atoms with E-state index in [4.69, 9.17) is 0 Å². The van der Waals surface area contributed by atoms with Gasteiger partial charge in [0.15, 0.2) is 0 Å². The van der Waals surface area contributed by atoms with E-state index < -0.39 is 0 Å². The van der Waals surface area contributed by atoms with Crippen LogP contribution < -0.4 is 15.5 Å². The molecule has 1 unspecified atom stereocenters. The van der Waals surface area contributed by atoms with Gasteiger partial charge < -0.3 is 20.5 Å². The number of aromatic amines is 1. The lowest BCUT2D eigenvalue weighted by Gasteiger charge is -2.23. The molecule has 3 rings (SSSR count). The van der Waals surface area contributed by atoms with E-state index in [1.54, 1.807) is 13.2 Å². The first-order chi connectivity index (χ1) is 12.5. The van der Waals surface area contributed by atoms with Crippen molar-refractivity contribution in [1.82, 2.24) is 30.6 Å². The fourth-order valence-corrected chi connectivity index (χ4v) is 3.37. The number of hydrogen-bond donors (Lipinski definition) is 3. The van der Waals surface area contributed by atoms with Gasteiger partial charge in [-0.1, -0.05) is 6.92 Å². The second kappa shape index (κ2) is 7.82. The van der Waals surface area contributed by atoms with Crippen LogP contribution in [0.3, 0.4) is 0 Å². The Hall–Kier alpha value is -2.48. The highest BCUT2D eigenvalue weighted by atomic mass is 16.2. The van der Waals surface area contributed by atoms with Gasteiger partial charge in [0.1, 0.15) is 11.6 Å². The zero-order valence-corrected chi connectivity index (χ0v) is 15.8. The number of carbonyl (C=O) groups excluding carboxylic acids is 1. The first kappa shape index (κ1) is 18.3. The summed E-state index contributed by atoms with van der Waals surface area (Å²) in [5, 5.41) is 6.29. The van der Waals surface area contributed by atoms with Crippen molar-refractivity contribution in [2.75, 3.05) is 25.0 Å². The fourth-order valence-electron chi connectivity index (χ4n) is 3.37. The predicted molar refractivity (Wildman–Crippen MR) is 100 cm³/mol. The maximum Gasteiger partial charge on any atom is 0.288 e. The summed E-state index contributed by atoms with van der Waals surface area (Å²) in [6.45, 7) is 7.83. The highest BCUT2D eigenvalue weighted by molar-refractivity contribution is 5.90. The SMILES string of the molecule is CCC(N[C@@H]1CCN(c2nc(C(=O)NC)nc(C)c2C)C1)c1ncc[nH]1. The summed E-state index contributed by atoms with van der Waals surface area (Å²) in [6.07, 6.45) is 5.63. The first-order valence-corrected chi connectivity index (χ1v) is 9.11. The highest BCUT2D eigenvalue weighted by Crippen LogP contribution is 2.25. The summed E-state index contributed by atoms with van der Waals surface area (Å²) in [7, 11) is 1.59. The van der Waals surface area contributed by atoms with Crippen LogP contribution in [0.5, 0.6) is 0 Å². The van der Waals surface area contributed by atoms with Crippen molar-refractivity contribution in [3.8, 4) is 0 Å². The molecule has 1 fully saturated rings. The second-order valence-electron chi connectivity index (χ2n) is 6.69. The molecular formula is C18H27N7O. The van der Waals surface area contributed by atoms with Crippen LogP contribution in [0.2, 0.25) is 0 Å². The van der Waals surface area contributed by atoms with Gasteiger partial charge in [-0.25, -0.2) is 15.0 Å². The average Bonchev–Trinajstić information content (AvgIpc) is 3.33. The number of H-pyrrole nitrogens is 1. The first-order valence-electron chi connectivity index (χ1n) is 9.11. The maximum absolute atomic E-state index is 11.9. The summed E-state index contributed by atoms with van der Waals surface area (Å²) in [6, 6.07) is 0.563. The molecule has 0 aromatic carbocycles. The summed E-state index contributed by atoms with van der Waals surface area (Å²) in [5.41, 5.74) is 1.86. The van der Waals surface area contributed by atoms with Crippen LogP contribution in [-0.4, -0.2) is 52.0 Å². The molecule has 1 amide bonds. The molecule has 8 heteroatoms. The molecule has 1 aliphatic heterocycles. The van der Waals surface area contributed by atoms with Gasteiger partial charge in [0.05, 0.1) is 6.04 Å². The van der Waals surface area contributed by atoms with E-state index in [1.165, 1.54) is 0 Å². The van der Waals surface area contributed by atoms with Crippen LogP contribution in [0.25, 0.3) is 0 Å². The molecule has 2 aromatic rings. The summed E-state index contributed by atoms with van der Waals surface area (Å²) in [5.74, 6) is 1.80. The molecular weight excluding hydrogens is 330 g/mol. The van der Waals surface area contributed by atoms with E-state index >= 15 is 0 Å². The zero-order valence-electron chi connectivity index (χ0n) is 15.8. The number of aryl methyl sites for hydroxylation is 1. The Morgan fingerprint density at radius 3 is 2.88 bits per heavy atom. The second-order valence-corrected chi connectivity index (χ2v) is 6.69. The molecule has 140 valence electrons. The van der Waals surface area contributed by atoms with Crippen molar-refractivity contribution in [2.24, 2.45) is 0 Å². The average molecular weight is 357 g/mol. The number of amides is 1. The standard InChI is InChI=1S/C18H27N7O/c1-5-14(15-20-7-8-21-15)23-13-6-9-25(10-13)17-11(2)12(3)22-16(24-17)18(26)19-4/h7-8,13-14,23H,5-6,9-10H2,1-4H3,(H,19,26)(H,20,21)/t13-,14?/m1/s1. The van der Waals surface area contributed by atoms with Gasteiger partial charge >= 0.3 is 0 Å². The lowest BCUT2D eigenvalue weighted by atomic mass is 10.1. The van der Waals surface area contributed by atoms with E-state index in [1.807, 2.05) is 20.0 Å². The smallest absolute Gasteiger partial charge is 0.288 e. The van der Waals surface area contributed by atoms with Crippen molar-refractivity contribution in [3.05, 3.63) is 35.3 Å². The molecule has 1 aliphatic rings. The van der Waals surface area contributed by atoms with Gasteiger partial charge in [0, 0.05) is 49.8 Å². The van der Waals surface area contributed by atoms with Crippen molar-refractivity contribution in [2.45, 2.75) is 45.7 Å². The third-order valence-corrected chi connectivity index (χ3v) is 4.98. The molecule has 1 saturated heterocycles. The molecule has 3 heterocycles. The molecule has 2 atom stereocenters. The number of aromatic nitrogens is 4. The third-order valence-electron chi connectivity index (χ3n) is 4.98. The molecule has 0 saturated carbocycles. The van der Waals surface area contributed by atoms with Gasteiger partial charge in [-0.2, -0.15) is 0 Å². The van der Waals surface area contributed by atoms with Crippen LogP contribution in [0, 0.1) is 13.8 Å². The van der Waals surface area contributed by atoms with E-state index in [0.717, 1.165) is 48.8 Å². The van der Waals surface area contributed by atoms with Crippen LogP contribution >= 0.6 is 0 Å². The molecule has 3 N–H and O–H groups in total. The minimum Gasteiger partial charge on any atom is -0.355 e. The normalized spacial score (nSPS) is 18.2. The monoisotopic (exact) mass is 357 g/mol. The van der Waals surface area contributed by atoms with E-state index in [-0.39, 0.29) is 17.8 Å². The summed E-state index contributed by atoms with van der Waals surface area (Å²) >= 11 is 0. The Morgan fingerprint density at radius 2 is 2.23 bits per heavy atom. The molecule has 8 nitrogen and oxygen atoms in total. The molecule has 0 spiro atoms. The Kier molecular flexibility index (Phi) is 5.51. The van der Waals surface area contributed by atoms with Crippen LogP contribution in [-0.2, 0) is 0 Å². The summed E-state index contributed by atoms with van der Waals surface area (Å²) < 4.78 is 0. The van der Waals surface area contributed by atoms with E-state index in [9.17, 15) is 4.79 Å². The van der Waals surface area contributed by atoms with E-state index in [2.05, 4.69) is 42.4 Å². The number of nitrogens with zero attached hydrogens (tertiary/aromatic N) is 4. The van der Waals surface area contributed by atoms with Gasteiger partial charge in [0.2, 0.25) is 5.82 Å². The van der Waals surface area contributed by atoms with Crippen molar-refractivity contribution in [1.29, 1.82) is 0 Å². The van der Waals surface area contributed by atoms with E-state index in [0.29, 0.717) is 6.04 Å². The number of carbonyl (C=O) groups is 1. The Morgan fingerprint density at radius 1 is 1.42 bits per heavy atom. The Bertz CT molecular complexity index is 759. The largest absolute Gasteiger partial charge is 0.355 e. The molecule has 26 heavy (non-hydrogen) atoms. The number of rotatable bonds is 6. The van der Waals surface area contributed by atoms with Crippen LogP contribution in [0.1, 0.15) is 53.5 Å². The topological polar surface area (TPSA) is 98.8 Å². The summed E-state index contributed by atoms with van der Waals surface area (Å²) in [4.78, 5) is 30.6. The van der Waals surface area contributed by atoms with Gasteiger partial charge in [0.25, 0.3) is 5.91 Å². The molecule has 0 bridgehead atoms. The maximum atomic E-state index is 11.9. The number of hydrogen-bond acceptors (Lipinski definition) is 6. The molecule has 0 radical (unpaired) electrons. The Balaban J connectivity index is 1.74. The molecule has 0 aliphatic carbocycles. The number of anilines is 1. The highest BCUT2D eigenvalue weighted by Gasteiger charge is 2.28. The minimum atomic E-state index is -0.257. The zero-order chi connectivity index (χ0) is 18.7. The lowest BCUT2D eigenvalue weighted by molar-refractivity contribution is 0.0952. The fraction of sp³-hybridized carbons (Fsp3) is 0.556. The lowest BCUT2D eigenvalue weighted by Crippen LogP contribution is -2.36. The number of imidazole rings is 1. The van der Waals surface area contributed by atoms with Crippen LogP contribution in [0.4, 0.5) is 5.82 Å². The van der Waals surface area contributed by atoms with Crippen LogP contribution in [0.15, 0.2) is 12.4 Å². The van der Waals surface area contributed by atoms with Gasteiger partial charge in [-0.3, -0.25) is 4.79 Å².